The minimum atomic E-state index is -0.306. The Morgan fingerprint density at radius 1 is 1.00 bits per heavy atom. The first-order valence-electron chi connectivity index (χ1n) is 10.7. The monoisotopic (exact) mass is 416 g/mol. The second-order valence-corrected chi connectivity index (χ2v) is 8.53. The van der Waals surface area contributed by atoms with Crippen LogP contribution in [0.25, 0.3) is 11.1 Å². The van der Waals surface area contributed by atoms with Crippen molar-refractivity contribution in [2.75, 3.05) is 24.5 Å². The smallest absolute Gasteiger partial charge is 0.254 e. The van der Waals surface area contributed by atoms with Gasteiger partial charge < -0.3 is 9.80 Å². The number of anilines is 1. The van der Waals surface area contributed by atoms with Crippen LogP contribution in [-0.4, -0.2) is 46.5 Å². The van der Waals surface area contributed by atoms with E-state index in [2.05, 4.69) is 14.9 Å². The molecule has 0 N–H and O–H groups in total. The van der Waals surface area contributed by atoms with E-state index in [4.69, 9.17) is 0 Å². The molecule has 5 rings (SSSR count). The Bertz CT molecular complexity index is 1130. The molecule has 1 aromatic heterocycles. The Labute approximate surface area is 181 Å². The molecule has 2 aliphatic rings. The lowest BCUT2D eigenvalue weighted by atomic mass is 9.82. The highest BCUT2D eigenvalue weighted by Gasteiger charge is 2.45. The van der Waals surface area contributed by atoms with Crippen LogP contribution in [0.2, 0.25) is 0 Å². The van der Waals surface area contributed by atoms with Crippen LogP contribution in [0.1, 0.15) is 28.2 Å². The number of aryl methyl sites for hydroxylation is 2. The summed E-state index contributed by atoms with van der Waals surface area (Å²) < 4.78 is 13.8. The van der Waals surface area contributed by atoms with Gasteiger partial charge in [0, 0.05) is 42.5 Å². The molecule has 0 spiro atoms. The molecule has 2 saturated heterocycles. The summed E-state index contributed by atoms with van der Waals surface area (Å²) in [5.41, 5.74) is 4.00. The average molecular weight is 417 g/mol. The van der Waals surface area contributed by atoms with Gasteiger partial charge in [-0.05, 0) is 55.7 Å². The Hall–Kier alpha value is -3.28. The van der Waals surface area contributed by atoms with Crippen molar-refractivity contribution < 1.29 is 9.18 Å². The number of amides is 1. The van der Waals surface area contributed by atoms with E-state index in [0.29, 0.717) is 23.6 Å². The normalized spacial score (nSPS) is 20.2. The average Bonchev–Trinajstić information content (AvgIpc) is 2.73. The summed E-state index contributed by atoms with van der Waals surface area (Å²) in [5.74, 6) is 1.01. The number of rotatable bonds is 3. The summed E-state index contributed by atoms with van der Waals surface area (Å²) >= 11 is 0. The van der Waals surface area contributed by atoms with Crippen molar-refractivity contribution in [2.24, 2.45) is 5.92 Å². The number of carbonyl (C=O) groups excluding carboxylic acids is 1. The summed E-state index contributed by atoms with van der Waals surface area (Å²) in [4.78, 5) is 26.9. The van der Waals surface area contributed by atoms with Crippen LogP contribution >= 0.6 is 0 Å². The zero-order valence-corrected chi connectivity index (χ0v) is 17.8. The van der Waals surface area contributed by atoms with E-state index < -0.39 is 0 Å². The second kappa shape index (κ2) is 7.76. The maximum atomic E-state index is 13.8. The Balaban J connectivity index is 1.39. The number of carbonyl (C=O) groups is 1. The fourth-order valence-corrected chi connectivity index (χ4v) is 4.79. The van der Waals surface area contributed by atoms with Crippen LogP contribution in [0.5, 0.6) is 0 Å². The van der Waals surface area contributed by atoms with Crippen molar-refractivity contribution in [2.45, 2.75) is 26.3 Å². The summed E-state index contributed by atoms with van der Waals surface area (Å²) in [5, 5.41) is 0. The topological polar surface area (TPSA) is 49.3 Å². The third-order valence-electron chi connectivity index (χ3n) is 6.36. The van der Waals surface area contributed by atoms with Gasteiger partial charge in [0.25, 0.3) is 5.91 Å². The molecule has 2 aliphatic heterocycles. The largest absolute Gasteiger partial charge is 0.337 e. The van der Waals surface area contributed by atoms with Crippen LogP contribution < -0.4 is 4.90 Å². The van der Waals surface area contributed by atoms with Gasteiger partial charge in [-0.2, -0.15) is 0 Å². The number of hydrogen-bond donors (Lipinski definition) is 0. The van der Waals surface area contributed by atoms with Crippen molar-refractivity contribution in [1.29, 1.82) is 0 Å². The molecule has 31 heavy (non-hydrogen) atoms. The van der Waals surface area contributed by atoms with Gasteiger partial charge in [0.05, 0.1) is 6.04 Å². The molecule has 0 bridgehead atoms. The first-order chi connectivity index (χ1) is 15.0. The van der Waals surface area contributed by atoms with Gasteiger partial charge in [0.15, 0.2) is 0 Å². The molecule has 2 fully saturated rings. The summed E-state index contributed by atoms with van der Waals surface area (Å²) in [7, 11) is 0. The van der Waals surface area contributed by atoms with Gasteiger partial charge in [-0.25, -0.2) is 14.4 Å². The molecule has 3 heterocycles. The SMILES string of the molecule is Cc1cc(C)nc(N2CC3CCN(C(=O)c4ccccc4-c4cccc(F)c4)CC32)n1. The molecule has 2 atom stereocenters. The van der Waals surface area contributed by atoms with Gasteiger partial charge in [0.1, 0.15) is 5.82 Å². The van der Waals surface area contributed by atoms with Gasteiger partial charge in [-0.3, -0.25) is 4.79 Å². The number of likely N-dealkylation sites (tertiary alicyclic amines) is 1. The molecule has 2 aromatic carbocycles. The van der Waals surface area contributed by atoms with E-state index in [1.54, 1.807) is 6.07 Å². The Kier molecular flexibility index (Phi) is 4.93. The molecule has 0 saturated carbocycles. The quantitative estimate of drug-likeness (QED) is 0.641. The lowest BCUT2D eigenvalue weighted by Gasteiger charge is -2.53. The third-order valence-corrected chi connectivity index (χ3v) is 6.36. The molecule has 158 valence electrons. The second-order valence-electron chi connectivity index (χ2n) is 8.53. The minimum Gasteiger partial charge on any atom is -0.337 e. The number of piperidine rings is 1. The zero-order valence-electron chi connectivity index (χ0n) is 17.8. The van der Waals surface area contributed by atoms with Crippen LogP contribution in [0.15, 0.2) is 54.6 Å². The first kappa shape index (κ1) is 19.7. The first-order valence-corrected chi connectivity index (χ1v) is 10.7. The minimum absolute atomic E-state index is 0.00787. The lowest BCUT2D eigenvalue weighted by molar-refractivity contribution is 0.0590. The van der Waals surface area contributed by atoms with Crippen molar-refractivity contribution in [3.8, 4) is 11.1 Å². The van der Waals surface area contributed by atoms with Crippen molar-refractivity contribution in [3.63, 3.8) is 0 Å². The molecule has 0 radical (unpaired) electrons. The standard InChI is InChI=1S/C25H25FN4O/c1-16-12-17(2)28-25(27-16)30-14-19-10-11-29(15-23(19)30)24(31)22-9-4-3-8-21(22)18-6-5-7-20(26)13-18/h3-9,12-13,19,23H,10-11,14-15H2,1-2H3. The number of halogens is 1. The van der Waals surface area contributed by atoms with Crippen LogP contribution in [0, 0.1) is 25.6 Å². The molecular formula is C25H25FN4O. The van der Waals surface area contributed by atoms with Gasteiger partial charge >= 0.3 is 0 Å². The van der Waals surface area contributed by atoms with Gasteiger partial charge in [-0.15, -0.1) is 0 Å². The molecule has 6 heteroatoms. The molecule has 1 amide bonds. The Morgan fingerprint density at radius 2 is 1.77 bits per heavy atom. The maximum Gasteiger partial charge on any atom is 0.254 e. The summed E-state index contributed by atoms with van der Waals surface area (Å²) in [6, 6.07) is 16.1. The third kappa shape index (κ3) is 3.67. The van der Waals surface area contributed by atoms with Gasteiger partial charge in [0.2, 0.25) is 5.95 Å². The van der Waals surface area contributed by atoms with Crippen molar-refractivity contribution in [3.05, 3.63) is 77.4 Å². The summed E-state index contributed by atoms with van der Waals surface area (Å²) in [6.07, 6.45) is 0.972. The number of aromatic nitrogens is 2. The fourth-order valence-electron chi connectivity index (χ4n) is 4.79. The Morgan fingerprint density at radius 3 is 2.55 bits per heavy atom. The summed E-state index contributed by atoms with van der Waals surface area (Å²) in [6.45, 7) is 6.29. The number of fused-ring (bicyclic) bond motifs is 1. The van der Waals surface area contributed by atoms with E-state index in [0.717, 1.165) is 42.4 Å². The van der Waals surface area contributed by atoms with Crippen LogP contribution in [0.3, 0.4) is 0 Å². The van der Waals surface area contributed by atoms with E-state index >= 15 is 0 Å². The predicted molar refractivity (Wildman–Crippen MR) is 118 cm³/mol. The predicted octanol–water partition coefficient (Wildman–Crippen LogP) is 4.25. The number of hydrogen-bond acceptors (Lipinski definition) is 4. The van der Waals surface area contributed by atoms with E-state index in [9.17, 15) is 9.18 Å². The van der Waals surface area contributed by atoms with Crippen molar-refractivity contribution in [1.82, 2.24) is 14.9 Å². The van der Waals surface area contributed by atoms with E-state index in [1.165, 1.54) is 12.1 Å². The molecule has 5 nitrogen and oxygen atoms in total. The van der Waals surface area contributed by atoms with E-state index in [-0.39, 0.29) is 17.8 Å². The van der Waals surface area contributed by atoms with Crippen LogP contribution in [0.4, 0.5) is 10.3 Å². The maximum absolute atomic E-state index is 13.8. The molecular weight excluding hydrogens is 391 g/mol. The van der Waals surface area contributed by atoms with Gasteiger partial charge in [-0.1, -0.05) is 30.3 Å². The van der Waals surface area contributed by atoms with Crippen molar-refractivity contribution >= 4 is 11.9 Å². The van der Waals surface area contributed by atoms with E-state index in [1.807, 2.05) is 55.1 Å². The molecule has 3 aromatic rings. The highest BCUT2D eigenvalue weighted by molar-refractivity contribution is 6.01. The number of nitrogens with zero attached hydrogens (tertiary/aromatic N) is 4. The highest BCUT2D eigenvalue weighted by Crippen LogP contribution is 2.36. The highest BCUT2D eigenvalue weighted by atomic mass is 19.1. The number of benzene rings is 2. The zero-order chi connectivity index (χ0) is 21.5. The molecule has 2 unspecified atom stereocenters. The van der Waals surface area contributed by atoms with Crippen LogP contribution in [-0.2, 0) is 0 Å². The lowest BCUT2D eigenvalue weighted by Crippen LogP contribution is -2.65. The fraction of sp³-hybridized carbons (Fsp3) is 0.320. The molecule has 0 aliphatic carbocycles.